The van der Waals surface area contributed by atoms with E-state index in [9.17, 15) is 0 Å². The Labute approximate surface area is 115 Å². The van der Waals surface area contributed by atoms with Crippen LogP contribution in [0.1, 0.15) is 16.3 Å². The fourth-order valence-electron chi connectivity index (χ4n) is 1.52. The van der Waals surface area contributed by atoms with Gasteiger partial charge in [-0.2, -0.15) is 0 Å². The molecule has 0 N–H and O–H groups in total. The van der Waals surface area contributed by atoms with E-state index in [-0.39, 0.29) is 0 Å². The molecular weight excluding hydrogens is 270 g/mol. The predicted octanol–water partition coefficient (Wildman–Crippen LogP) is 3.78. The van der Waals surface area contributed by atoms with Gasteiger partial charge in [-0.05, 0) is 13.0 Å². The van der Waals surface area contributed by atoms with Gasteiger partial charge in [0.2, 0.25) is 0 Å². The summed E-state index contributed by atoms with van der Waals surface area (Å²) >= 11 is 7.47. The number of alkyl halides is 1. The SMILES string of the molecule is COc1ccc(CCl)c(OCc2nc(C)cs2)c1. The van der Waals surface area contributed by atoms with Crippen molar-refractivity contribution >= 4 is 22.9 Å². The van der Waals surface area contributed by atoms with E-state index in [1.807, 2.05) is 30.5 Å². The molecule has 0 saturated carbocycles. The molecule has 5 heteroatoms. The minimum Gasteiger partial charge on any atom is -0.497 e. The molecule has 0 atom stereocenters. The maximum atomic E-state index is 5.88. The zero-order valence-electron chi connectivity index (χ0n) is 10.3. The van der Waals surface area contributed by atoms with Crippen molar-refractivity contribution in [1.82, 2.24) is 4.98 Å². The lowest BCUT2D eigenvalue weighted by Crippen LogP contribution is -1.98. The first kappa shape index (κ1) is 13.2. The molecule has 0 bridgehead atoms. The quantitative estimate of drug-likeness (QED) is 0.783. The van der Waals surface area contributed by atoms with E-state index in [0.717, 1.165) is 27.8 Å². The normalized spacial score (nSPS) is 10.4. The molecule has 2 rings (SSSR count). The summed E-state index contributed by atoms with van der Waals surface area (Å²) in [4.78, 5) is 4.35. The molecule has 3 nitrogen and oxygen atoms in total. The van der Waals surface area contributed by atoms with Gasteiger partial charge in [-0.25, -0.2) is 4.98 Å². The second-order valence-corrected chi connectivity index (χ2v) is 4.99. The van der Waals surface area contributed by atoms with Crippen LogP contribution in [0.15, 0.2) is 23.6 Å². The van der Waals surface area contributed by atoms with Crippen LogP contribution >= 0.6 is 22.9 Å². The van der Waals surface area contributed by atoms with Gasteiger partial charge in [0, 0.05) is 22.7 Å². The number of methoxy groups -OCH3 is 1. The monoisotopic (exact) mass is 283 g/mol. The van der Waals surface area contributed by atoms with E-state index in [1.54, 1.807) is 18.4 Å². The number of ether oxygens (including phenoxy) is 2. The first-order valence-electron chi connectivity index (χ1n) is 5.49. The summed E-state index contributed by atoms with van der Waals surface area (Å²) in [5.41, 5.74) is 1.97. The topological polar surface area (TPSA) is 31.4 Å². The minimum atomic E-state index is 0.413. The lowest BCUT2D eigenvalue weighted by atomic mass is 10.2. The van der Waals surface area contributed by atoms with Crippen LogP contribution in [-0.4, -0.2) is 12.1 Å². The fourth-order valence-corrected chi connectivity index (χ4v) is 2.42. The third-order valence-electron chi connectivity index (χ3n) is 2.44. The van der Waals surface area contributed by atoms with E-state index in [4.69, 9.17) is 21.1 Å². The summed E-state index contributed by atoms with van der Waals surface area (Å²) in [7, 11) is 1.63. The molecule has 0 aliphatic carbocycles. The van der Waals surface area contributed by atoms with Crippen molar-refractivity contribution < 1.29 is 9.47 Å². The standard InChI is InChI=1S/C13H14ClNO2S/c1-9-8-18-13(15-9)7-17-12-5-11(16-2)4-3-10(12)6-14/h3-5,8H,6-7H2,1-2H3. The Bertz CT molecular complexity index is 527. The maximum Gasteiger partial charge on any atom is 0.140 e. The molecular formula is C13H14ClNO2S. The molecule has 1 aromatic heterocycles. The Hall–Kier alpha value is -1.26. The van der Waals surface area contributed by atoms with E-state index >= 15 is 0 Å². The molecule has 0 aliphatic heterocycles. The van der Waals surface area contributed by atoms with Crippen molar-refractivity contribution in [3.63, 3.8) is 0 Å². The highest BCUT2D eigenvalue weighted by molar-refractivity contribution is 7.09. The van der Waals surface area contributed by atoms with E-state index < -0.39 is 0 Å². The van der Waals surface area contributed by atoms with Crippen LogP contribution in [0, 0.1) is 6.92 Å². The lowest BCUT2D eigenvalue weighted by molar-refractivity contribution is 0.300. The molecule has 1 heterocycles. The van der Waals surface area contributed by atoms with Crippen molar-refractivity contribution in [1.29, 1.82) is 0 Å². The van der Waals surface area contributed by atoms with Gasteiger partial charge in [-0.1, -0.05) is 6.07 Å². The number of benzene rings is 1. The second-order valence-electron chi connectivity index (χ2n) is 3.78. The van der Waals surface area contributed by atoms with Gasteiger partial charge < -0.3 is 9.47 Å². The summed E-state index contributed by atoms with van der Waals surface area (Å²) in [6, 6.07) is 5.63. The summed E-state index contributed by atoms with van der Waals surface area (Å²) in [6.07, 6.45) is 0. The van der Waals surface area contributed by atoms with Crippen molar-refractivity contribution in [3.05, 3.63) is 39.8 Å². The van der Waals surface area contributed by atoms with Gasteiger partial charge in [0.25, 0.3) is 0 Å². The van der Waals surface area contributed by atoms with Crippen LogP contribution in [0.5, 0.6) is 11.5 Å². The van der Waals surface area contributed by atoms with Crippen LogP contribution in [0.25, 0.3) is 0 Å². The van der Waals surface area contributed by atoms with Gasteiger partial charge in [0.05, 0.1) is 13.0 Å². The summed E-state index contributed by atoms with van der Waals surface area (Å²) < 4.78 is 10.9. The molecule has 0 saturated heterocycles. The highest BCUT2D eigenvalue weighted by Gasteiger charge is 2.07. The number of thiazole rings is 1. The number of rotatable bonds is 5. The molecule has 18 heavy (non-hydrogen) atoms. The molecule has 0 aliphatic rings. The molecule has 96 valence electrons. The van der Waals surface area contributed by atoms with Gasteiger partial charge in [0.15, 0.2) is 0 Å². The molecule has 0 amide bonds. The Morgan fingerprint density at radius 1 is 1.39 bits per heavy atom. The van der Waals surface area contributed by atoms with Gasteiger partial charge in [-0.3, -0.25) is 0 Å². The van der Waals surface area contributed by atoms with E-state index in [0.29, 0.717) is 12.5 Å². The fraction of sp³-hybridized carbons (Fsp3) is 0.308. The smallest absolute Gasteiger partial charge is 0.140 e. The average Bonchev–Trinajstić information content (AvgIpc) is 2.81. The van der Waals surface area contributed by atoms with Crippen LogP contribution < -0.4 is 9.47 Å². The third kappa shape index (κ3) is 3.15. The summed E-state index contributed by atoms with van der Waals surface area (Å²) in [6.45, 7) is 2.42. The molecule has 0 unspecified atom stereocenters. The number of nitrogens with zero attached hydrogens (tertiary/aromatic N) is 1. The number of halogens is 1. The average molecular weight is 284 g/mol. The van der Waals surface area contributed by atoms with Crippen LogP contribution in [0.4, 0.5) is 0 Å². The van der Waals surface area contributed by atoms with Crippen LogP contribution in [0.3, 0.4) is 0 Å². The highest BCUT2D eigenvalue weighted by atomic mass is 35.5. The Morgan fingerprint density at radius 2 is 2.22 bits per heavy atom. The molecule has 2 aromatic rings. The Morgan fingerprint density at radius 3 is 2.83 bits per heavy atom. The minimum absolute atomic E-state index is 0.413. The Kier molecular flexibility index (Phi) is 4.44. The van der Waals surface area contributed by atoms with Crippen molar-refractivity contribution in [3.8, 4) is 11.5 Å². The van der Waals surface area contributed by atoms with E-state index in [2.05, 4.69) is 4.98 Å². The highest BCUT2D eigenvalue weighted by Crippen LogP contribution is 2.27. The number of aryl methyl sites for hydroxylation is 1. The first-order chi connectivity index (χ1) is 8.72. The van der Waals surface area contributed by atoms with Crippen LogP contribution in [-0.2, 0) is 12.5 Å². The van der Waals surface area contributed by atoms with Gasteiger partial charge >= 0.3 is 0 Å². The number of hydrogen-bond donors (Lipinski definition) is 0. The molecule has 0 radical (unpaired) electrons. The van der Waals surface area contributed by atoms with Gasteiger partial charge in [-0.15, -0.1) is 22.9 Å². The van der Waals surface area contributed by atoms with Crippen molar-refractivity contribution in [2.45, 2.75) is 19.4 Å². The largest absolute Gasteiger partial charge is 0.497 e. The van der Waals surface area contributed by atoms with Gasteiger partial charge in [0.1, 0.15) is 23.1 Å². The summed E-state index contributed by atoms with van der Waals surface area (Å²) in [5.74, 6) is 1.92. The maximum absolute atomic E-state index is 5.88. The second kappa shape index (κ2) is 6.07. The Balaban J connectivity index is 2.11. The first-order valence-corrected chi connectivity index (χ1v) is 6.91. The predicted molar refractivity (Wildman–Crippen MR) is 73.7 cm³/mol. The lowest BCUT2D eigenvalue weighted by Gasteiger charge is -2.10. The van der Waals surface area contributed by atoms with E-state index in [1.165, 1.54) is 0 Å². The number of hydrogen-bond acceptors (Lipinski definition) is 4. The van der Waals surface area contributed by atoms with Crippen molar-refractivity contribution in [2.24, 2.45) is 0 Å². The molecule has 0 fully saturated rings. The zero-order chi connectivity index (χ0) is 13.0. The molecule has 1 aromatic carbocycles. The van der Waals surface area contributed by atoms with Crippen LogP contribution in [0.2, 0.25) is 0 Å². The van der Waals surface area contributed by atoms with Crippen molar-refractivity contribution in [2.75, 3.05) is 7.11 Å². The third-order valence-corrected chi connectivity index (χ3v) is 3.66. The zero-order valence-corrected chi connectivity index (χ0v) is 11.8. The summed E-state index contributed by atoms with van der Waals surface area (Å²) in [5, 5.41) is 2.96. The molecule has 0 spiro atoms. The number of aromatic nitrogens is 1.